The number of halogens is 1. The van der Waals surface area contributed by atoms with E-state index in [0.29, 0.717) is 12.3 Å². The van der Waals surface area contributed by atoms with Crippen molar-refractivity contribution in [1.29, 1.82) is 0 Å². The van der Waals surface area contributed by atoms with Crippen LogP contribution >= 0.6 is 15.9 Å². The van der Waals surface area contributed by atoms with Gasteiger partial charge in [0.25, 0.3) is 0 Å². The summed E-state index contributed by atoms with van der Waals surface area (Å²) in [5, 5.41) is 9.32. The maximum atomic E-state index is 9.32. The van der Waals surface area contributed by atoms with Gasteiger partial charge in [-0.2, -0.15) is 0 Å². The normalized spacial score (nSPS) is 9.92. The Labute approximate surface area is 79.3 Å². The molecule has 0 bridgehead atoms. The summed E-state index contributed by atoms with van der Waals surface area (Å²) in [6, 6.07) is 3.28. The van der Waals surface area contributed by atoms with Crippen molar-refractivity contribution in [2.24, 2.45) is 5.73 Å². The van der Waals surface area contributed by atoms with E-state index in [1.165, 1.54) is 7.11 Å². The second kappa shape index (κ2) is 3.78. The molecule has 0 aliphatic rings. The summed E-state index contributed by atoms with van der Waals surface area (Å²) < 4.78 is 5.71. The monoisotopic (exact) mass is 231 g/mol. The second-order valence-electron chi connectivity index (χ2n) is 2.32. The van der Waals surface area contributed by atoms with Crippen molar-refractivity contribution < 1.29 is 9.84 Å². The number of phenolic OH excluding ortho intramolecular Hbond substituents is 1. The average Bonchev–Trinajstić information content (AvgIpc) is 2.05. The Morgan fingerprint density at radius 3 is 2.75 bits per heavy atom. The number of methoxy groups -OCH3 is 1. The molecule has 1 aromatic rings. The third kappa shape index (κ3) is 1.70. The molecule has 12 heavy (non-hydrogen) atoms. The minimum Gasteiger partial charge on any atom is -0.504 e. The molecule has 1 rings (SSSR count). The summed E-state index contributed by atoms with van der Waals surface area (Å²) in [4.78, 5) is 0. The summed E-state index contributed by atoms with van der Waals surface area (Å²) in [7, 11) is 1.50. The molecule has 1 aromatic carbocycles. The van der Waals surface area contributed by atoms with Crippen molar-refractivity contribution in [3.05, 3.63) is 22.2 Å². The first-order valence-corrected chi connectivity index (χ1v) is 4.23. The van der Waals surface area contributed by atoms with Crippen LogP contribution in [0.15, 0.2) is 16.6 Å². The molecule has 0 atom stereocenters. The number of ether oxygens (including phenoxy) is 1. The highest BCUT2D eigenvalue weighted by molar-refractivity contribution is 9.10. The number of hydrogen-bond acceptors (Lipinski definition) is 3. The fourth-order valence-electron chi connectivity index (χ4n) is 0.905. The van der Waals surface area contributed by atoms with Crippen LogP contribution in [0.2, 0.25) is 0 Å². The van der Waals surface area contributed by atoms with Crippen LogP contribution in [-0.4, -0.2) is 12.2 Å². The molecule has 3 nitrogen and oxygen atoms in total. The quantitative estimate of drug-likeness (QED) is 0.814. The highest BCUT2D eigenvalue weighted by Gasteiger charge is 2.05. The zero-order valence-corrected chi connectivity index (χ0v) is 8.26. The molecule has 0 saturated carbocycles. The van der Waals surface area contributed by atoms with E-state index in [9.17, 15) is 5.11 Å². The molecule has 0 aliphatic heterocycles. The first kappa shape index (κ1) is 9.35. The van der Waals surface area contributed by atoms with E-state index < -0.39 is 0 Å². The lowest BCUT2D eigenvalue weighted by Gasteiger charge is -2.07. The van der Waals surface area contributed by atoms with E-state index in [2.05, 4.69) is 15.9 Å². The van der Waals surface area contributed by atoms with Gasteiger partial charge < -0.3 is 15.6 Å². The Balaban J connectivity index is 3.18. The van der Waals surface area contributed by atoms with Crippen molar-refractivity contribution in [1.82, 2.24) is 0 Å². The average molecular weight is 232 g/mol. The smallest absolute Gasteiger partial charge is 0.160 e. The van der Waals surface area contributed by atoms with Gasteiger partial charge in [-0.25, -0.2) is 0 Å². The Hall–Kier alpha value is -0.740. The lowest BCUT2D eigenvalue weighted by molar-refractivity contribution is 0.372. The van der Waals surface area contributed by atoms with Crippen LogP contribution in [0.3, 0.4) is 0 Å². The van der Waals surface area contributed by atoms with Gasteiger partial charge in [0.1, 0.15) is 0 Å². The molecule has 0 heterocycles. The van der Waals surface area contributed by atoms with Gasteiger partial charge in [-0.3, -0.25) is 0 Å². The van der Waals surface area contributed by atoms with Crippen molar-refractivity contribution in [2.45, 2.75) is 6.54 Å². The molecular weight excluding hydrogens is 222 g/mol. The zero-order chi connectivity index (χ0) is 9.14. The molecule has 0 spiro atoms. The molecule has 66 valence electrons. The maximum Gasteiger partial charge on any atom is 0.160 e. The third-order valence-corrected chi connectivity index (χ3v) is 2.31. The summed E-state index contributed by atoms with van der Waals surface area (Å²) >= 11 is 3.28. The Morgan fingerprint density at radius 1 is 1.58 bits per heavy atom. The van der Waals surface area contributed by atoms with Crippen LogP contribution in [0.5, 0.6) is 11.5 Å². The molecule has 0 aromatic heterocycles. The van der Waals surface area contributed by atoms with Gasteiger partial charge in [-0.05, 0) is 17.7 Å². The molecular formula is C8H10BrNO2. The predicted molar refractivity (Wildman–Crippen MR) is 50.3 cm³/mol. The Bertz CT molecular complexity index is 263. The highest BCUT2D eigenvalue weighted by atomic mass is 79.9. The Kier molecular flexibility index (Phi) is 2.94. The van der Waals surface area contributed by atoms with Gasteiger partial charge in [-0.1, -0.05) is 15.9 Å². The van der Waals surface area contributed by atoms with Gasteiger partial charge in [-0.15, -0.1) is 0 Å². The molecule has 0 aliphatic carbocycles. The van der Waals surface area contributed by atoms with Gasteiger partial charge >= 0.3 is 0 Å². The maximum absolute atomic E-state index is 9.32. The lowest BCUT2D eigenvalue weighted by atomic mass is 10.2. The van der Waals surface area contributed by atoms with Gasteiger partial charge in [0.05, 0.1) is 7.11 Å². The number of nitrogens with two attached hydrogens (primary N) is 1. The van der Waals surface area contributed by atoms with Crippen LogP contribution in [0.1, 0.15) is 5.56 Å². The highest BCUT2D eigenvalue weighted by Crippen LogP contribution is 2.31. The van der Waals surface area contributed by atoms with Crippen LogP contribution in [-0.2, 0) is 6.54 Å². The van der Waals surface area contributed by atoms with Gasteiger partial charge in [0.2, 0.25) is 0 Å². The first-order valence-electron chi connectivity index (χ1n) is 3.44. The van der Waals surface area contributed by atoms with E-state index in [1.807, 2.05) is 0 Å². The van der Waals surface area contributed by atoms with E-state index in [-0.39, 0.29) is 5.75 Å². The summed E-state index contributed by atoms with van der Waals surface area (Å²) in [6.45, 7) is 0.414. The number of phenols is 1. The topological polar surface area (TPSA) is 55.5 Å². The molecule has 0 radical (unpaired) electrons. The lowest BCUT2D eigenvalue weighted by Crippen LogP contribution is -1.98. The van der Waals surface area contributed by atoms with E-state index in [1.54, 1.807) is 12.1 Å². The molecule has 4 heteroatoms. The van der Waals surface area contributed by atoms with Crippen LogP contribution < -0.4 is 10.5 Å². The van der Waals surface area contributed by atoms with Crippen LogP contribution in [0, 0.1) is 0 Å². The molecule has 0 saturated heterocycles. The summed E-state index contributed by atoms with van der Waals surface area (Å²) in [5.41, 5.74) is 6.36. The third-order valence-electron chi connectivity index (χ3n) is 1.57. The van der Waals surface area contributed by atoms with Crippen molar-refractivity contribution in [3.63, 3.8) is 0 Å². The number of aromatic hydroxyl groups is 1. The fraction of sp³-hybridized carbons (Fsp3) is 0.250. The van der Waals surface area contributed by atoms with E-state index in [4.69, 9.17) is 10.5 Å². The second-order valence-corrected chi connectivity index (χ2v) is 3.17. The number of benzene rings is 1. The van der Waals surface area contributed by atoms with E-state index >= 15 is 0 Å². The molecule has 3 N–H and O–H groups in total. The van der Waals surface area contributed by atoms with Crippen LogP contribution in [0.25, 0.3) is 0 Å². The first-order chi connectivity index (χ1) is 5.69. The summed E-state index contributed by atoms with van der Waals surface area (Å²) in [6.07, 6.45) is 0. The number of hydrogen-bond donors (Lipinski definition) is 2. The molecule has 0 fully saturated rings. The minimum atomic E-state index is 0.113. The SMILES string of the molecule is COc1cc(CN)c(Br)cc1O. The molecule has 0 unspecified atom stereocenters. The van der Waals surface area contributed by atoms with Crippen molar-refractivity contribution in [3.8, 4) is 11.5 Å². The van der Waals surface area contributed by atoms with Crippen molar-refractivity contribution >= 4 is 15.9 Å². The Morgan fingerprint density at radius 2 is 2.25 bits per heavy atom. The predicted octanol–water partition coefficient (Wildman–Crippen LogP) is 1.62. The van der Waals surface area contributed by atoms with Crippen LogP contribution in [0.4, 0.5) is 0 Å². The minimum absolute atomic E-state index is 0.113. The molecule has 0 amide bonds. The van der Waals surface area contributed by atoms with Gasteiger partial charge in [0.15, 0.2) is 11.5 Å². The largest absolute Gasteiger partial charge is 0.504 e. The van der Waals surface area contributed by atoms with Gasteiger partial charge in [0, 0.05) is 11.0 Å². The van der Waals surface area contributed by atoms with Crippen molar-refractivity contribution in [2.75, 3.05) is 7.11 Å². The summed E-state index contributed by atoms with van der Waals surface area (Å²) in [5.74, 6) is 0.556. The van der Waals surface area contributed by atoms with E-state index in [0.717, 1.165) is 10.0 Å². The fourth-order valence-corrected chi connectivity index (χ4v) is 1.40. The zero-order valence-electron chi connectivity index (χ0n) is 6.67. The standard InChI is InChI=1S/C8H10BrNO2/c1-12-8-2-5(4-10)6(9)3-7(8)11/h2-3,11H,4,10H2,1H3. The number of rotatable bonds is 2.